The molecule has 3 aromatic rings. The lowest BCUT2D eigenvalue weighted by atomic mass is 10.1. The summed E-state index contributed by atoms with van der Waals surface area (Å²) in [6.07, 6.45) is 1.53. The first-order valence-electron chi connectivity index (χ1n) is 9.40. The fraction of sp³-hybridized carbons (Fsp3) is 0.368. The lowest BCUT2D eigenvalue weighted by molar-refractivity contribution is -0.117. The highest BCUT2D eigenvalue weighted by atomic mass is 16.2. The number of hydrogen-bond donors (Lipinski definition) is 1. The third-order valence-corrected chi connectivity index (χ3v) is 4.98. The zero-order valence-electron chi connectivity index (χ0n) is 16.4. The van der Waals surface area contributed by atoms with E-state index in [1.807, 2.05) is 0 Å². The van der Waals surface area contributed by atoms with Gasteiger partial charge in [-0.25, -0.2) is 14.6 Å². The van der Waals surface area contributed by atoms with Crippen molar-refractivity contribution < 1.29 is 9.59 Å². The summed E-state index contributed by atoms with van der Waals surface area (Å²) in [4.78, 5) is 36.5. The van der Waals surface area contributed by atoms with Crippen LogP contribution in [0.5, 0.6) is 0 Å². The van der Waals surface area contributed by atoms with Crippen molar-refractivity contribution in [2.75, 3.05) is 42.9 Å². The lowest BCUT2D eigenvalue weighted by Crippen LogP contribution is -2.49. The normalized spacial score (nSPS) is 14.9. The molecule has 0 saturated carbocycles. The summed E-state index contributed by atoms with van der Waals surface area (Å²) in [6.45, 7) is 4.79. The number of fused-ring (bicyclic) bond motifs is 1. The molecule has 1 saturated heterocycles. The summed E-state index contributed by atoms with van der Waals surface area (Å²) >= 11 is 0. The number of Topliss-reactive ketones (excluding diaryl/α,β-unsaturated/α-hetero) is 1. The van der Waals surface area contributed by atoms with Gasteiger partial charge < -0.3 is 10.2 Å². The van der Waals surface area contributed by atoms with Crippen LogP contribution in [0.1, 0.15) is 17.3 Å². The smallest absolute Gasteiger partial charge is 0.238 e. The fourth-order valence-corrected chi connectivity index (χ4v) is 3.38. The van der Waals surface area contributed by atoms with Gasteiger partial charge in [-0.05, 0) is 31.2 Å². The Balaban J connectivity index is 1.32. The van der Waals surface area contributed by atoms with Crippen LogP contribution in [0.4, 0.5) is 11.5 Å². The highest BCUT2D eigenvalue weighted by Gasteiger charge is 2.23. The molecular formula is C19H22N8O2. The molecule has 0 unspecified atom stereocenters. The molecule has 1 aromatic carbocycles. The van der Waals surface area contributed by atoms with Gasteiger partial charge in [-0.1, -0.05) is 5.21 Å². The van der Waals surface area contributed by atoms with E-state index in [1.165, 1.54) is 13.3 Å². The van der Waals surface area contributed by atoms with Gasteiger partial charge in [0.05, 0.1) is 6.54 Å². The van der Waals surface area contributed by atoms with Crippen LogP contribution >= 0.6 is 0 Å². The van der Waals surface area contributed by atoms with Crippen molar-refractivity contribution in [1.29, 1.82) is 0 Å². The highest BCUT2D eigenvalue weighted by Crippen LogP contribution is 2.21. The number of anilines is 2. The van der Waals surface area contributed by atoms with Crippen LogP contribution in [0.15, 0.2) is 30.6 Å². The quantitative estimate of drug-likeness (QED) is 0.631. The Bertz CT molecular complexity index is 1040. The molecule has 1 amide bonds. The van der Waals surface area contributed by atoms with Crippen molar-refractivity contribution in [3.05, 3.63) is 36.2 Å². The van der Waals surface area contributed by atoms with E-state index in [1.54, 1.807) is 36.0 Å². The van der Waals surface area contributed by atoms with Crippen molar-refractivity contribution in [1.82, 2.24) is 29.9 Å². The van der Waals surface area contributed by atoms with Crippen LogP contribution in [0, 0.1) is 0 Å². The number of benzene rings is 1. The van der Waals surface area contributed by atoms with E-state index >= 15 is 0 Å². The zero-order chi connectivity index (χ0) is 20.4. The van der Waals surface area contributed by atoms with Crippen LogP contribution < -0.4 is 10.2 Å². The van der Waals surface area contributed by atoms with Crippen molar-refractivity contribution in [3.8, 4) is 0 Å². The van der Waals surface area contributed by atoms with Crippen LogP contribution in [-0.2, 0) is 11.8 Å². The highest BCUT2D eigenvalue weighted by molar-refractivity contribution is 5.96. The number of aromatic nitrogens is 5. The fourth-order valence-electron chi connectivity index (χ4n) is 3.38. The van der Waals surface area contributed by atoms with E-state index in [4.69, 9.17) is 0 Å². The van der Waals surface area contributed by atoms with Crippen molar-refractivity contribution in [2.45, 2.75) is 6.92 Å². The molecule has 3 heterocycles. The zero-order valence-corrected chi connectivity index (χ0v) is 16.4. The summed E-state index contributed by atoms with van der Waals surface area (Å²) < 4.78 is 1.63. The molecule has 1 aliphatic heterocycles. The summed E-state index contributed by atoms with van der Waals surface area (Å²) in [5.74, 6) is 0.702. The molecule has 10 nitrogen and oxygen atoms in total. The second kappa shape index (κ2) is 7.92. The number of nitrogens with zero attached hydrogens (tertiary/aromatic N) is 7. The molecule has 1 fully saturated rings. The molecule has 0 atom stereocenters. The van der Waals surface area contributed by atoms with Crippen LogP contribution in [0.3, 0.4) is 0 Å². The summed E-state index contributed by atoms with van der Waals surface area (Å²) in [6, 6.07) is 6.92. The predicted octanol–water partition coefficient (Wildman–Crippen LogP) is 0.722. The van der Waals surface area contributed by atoms with Gasteiger partial charge >= 0.3 is 0 Å². The van der Waals surface area contributed by atoms with Gasteiger partial charge in [0.1, 0.15) is 6.33 Å². The van der Waals surface area contributed by atoms with Crippen LogP contribution in [-0.4, -0.2) is 74.3 Å². The molecule has 10 heteroatoms. The van der Waals surface area contributed by atoms with Gasteiger partial charge in [-0.2, -0.15) is 0 Å². The second-order valence-corrected chi connectivity index (χ2v) is 7.03. The first-order chi connectivity index (χ1) is 14.0. The van der Waals surface area contributed by atoms with Gasteiger partial charge in [-0.3, -0.25) is 14.5 Å². The number of aryl methyl sites for hydroxylation is 1. The standard InChI is InChI=1S/C19H22N8O2/c1-13(28)14-3-5-15(6-4-14)22-16(29)11-26-7-9-27(10-8-26)19-17-18(20-12-21-19)25(2)24-23-17/h3-6,12H,7-11H2,1-2H3,(H,22,29). The second-order valence-electron chi connectivity index (χ2n) is 7.03. The average Bonchev–Trinajstić information content (AvgIpc) is 3.10. The Kier molecular flexibility index (Phi) is 5.17. The Morgan fingerprint density at radius 3 is 2.48 bits per heavy atom. The van der Waals surface area contributed by atoms with Gasteiger partial charge in [0.15, 0.2) is 22.8 Å². The number of hydrogen-bond acceptors (Lipinski definition) is 8. The summed E-state index contributed by atoms with van der Waals surface area (Å²) in [5.41, 5.74) is 2.70. The molecule has 0 radical (unpaired) electrons. The van der Waals surface area contributed by atoms with Gasteiger partial charge in [-0.15, -0.1) is 5.10 Å². The van der Waals surface area contributed by atoms with E-state index in [9.17, 15) is 9.59 Å². The van der Waals surface area contributed by atoms with E-state index in [-0.39, 0.29) is 11.7 Å². The number of amides is 1. The molecular weight excluding hydrogens is 372 g/mol. The maximum absolute atomic E-state index is 12.4. The summed E-state index contributed by atoms with van der Waals surface area (Å²) in [5, 5.41) is 11.1. The molecule has 0 aliphatic carbocycles. The van der Waals surface area contributed by atoms with E-state index in [2.05, 4.69) is 35.4 Å². The number of rotatable bonds is 5. The van der Waals surface area contributed by atoms with E-state index < -0.39 is 0 Å². The Morgan fingerprint density at radius 1 is 1.07 bits per heavy atom. The van der Waals surface area contributed by atoms with Crippen molar-refractivity contribution in [3.63, 3.8) is 0 Å². The maximum Gasteiger partial charge on any atom is 0.238 e. The number of ketones is 1. The summed E-state index contributed by atoms with van der Waals surface area (Å²) in [7, 11) is 1.80. The van der Waals surface area contributed by atoms with Gasteiger partial charge in [0, 0.05) is 44.5 Å². The van der Waals surface area contributed by atoms with E-state index in [0.717, 1.165) is 32.0 Å². The topological polar surface area (TPSA) is 109 Å². The Hall–Kier alpha value is -3.40. The first kappa shape index (κ1) is 18.9. The van der Waals surface area contributed by atoms with Crippen LogP contribution in [0.25, 0.3) is 11.2 Å². The Morgan fingerprint density at radius 2 is 1.79 bits per heavy atom. The minimum Gasteiger partial charge on any atom is -0.352 e. The third-order valence-electron chi connectivity index (χ3n) is 4.98. The molecule has 29 heavy (non-hydrogen) atoms. The van der Waals surface area contributed by atoms with E-state index in [0.29, 0.717) is 29.0 Å². The number of piperazine rings is 1. The first-order valence-corrected chi connectivity index (χ1v) is 9.40. The minimum atomic E-state index is -0.0765. The molecule has 1 aliphatic rings. The minimum absolute atomic E-state index is 0.00296. The van der Waals surface area contributed by atoms with Gasteiger partial charge in [0.2, 0.25) is 5.91 Å². The lowest BCUT2D eigenvalue weighted by Gasteiger charge is -2.34. The Labute approximate surface area is 167 Å². The largest absolute Gasteiger partial charge is 0.352 e. The number of carbonyl (C=O) groups excluding carboxylic acids is 2. The molecule has 1 N–H and O–H groups in total. The molecule has 2 aromatic heterocycles. The molecule has 0 bridgehead atoms. The number of nitrogens with one attached hydrogen (secondary N) is 1. The average molecular weight is 394 g/mol. The molecule has 0 spiro atoms. The maximum atomic E-state index is 12.4. The van der Waals surface area contributed by atoms with Gasteiger partial charge in [0.25, 0.3) is 0 Å². The number of carbonyl (C=O) groups is 2. The monoisotopic (exact) mass is 394 g/mol. The van der Waals surface area contributed by atoms with Crippen molar-refractivity contribution >= 4 is 34.4 Å². The molecule has 150 valence electrons. The molecule has 4 rings (SSSR count). The third kappa shape index (κ3) is 4.06. The predicted molar refractivity (Wildman–Crippen MR) is 108 cm³/mol. The van der Waals surface area contributed by atoms with Crippen molar-refractivity contribution in [2.24, 2.45) is 7.05 Å². The van der Waals surface area contributed by atoms with Crippen LogP contribution in [0.2, 0.25) is 0 Å². The SMILES string of the molecule is CC(=O)c1ccc(NC(=O)CN2CCN(c3ncnc4c3nnn4C)CC2)cc1.